The number of hydrogen-bond acceptors (Lipinski definition) is 6. The molecular formula is C25H24F3N5O2S. The summed E-state index contributed by atoms with van der Waals surface area (Å²) in [5.41, 5.74) is 11.6. The van der Waals surface area contributed by atoms with Gasteiger partial charge in [0.15, 0.2) is 11.1 Å². The molecule has 7 nitrogen and oxygen atoms in total. The van der Waals surface area contributed by atoms with Crippen molar-refractivity contribution in [2.45, 2.75) is 19.1 Å². The Morgan fingerprint density at radius 3 is 2.47 bits per heavy atom. The molecule has 1 heterocycles. The number of rotatable bonds is 10. The van der Waals surface area contributed by atoms with Gasteiger partial charge in [-0.3, -0.25) is 4.99 Å². The number of anilines is 1. The maximum absolute atomic E-state index is 12.9. The molecule has 0 fully saturated rings. The summed E-state index contributed by atoms with van der Waals surface area (Å²) in [7, 11) is 0. The molecule has 0 atom stereocenters. The standard InChI is InChI=1S/C25H24F3N5O2S/c26-25(27,28)17-3-1-4-19(13-17)35-20-9-10-21-22(14-20)36-24(33-21)32-15-16-5-7-18(8-6-16)34-12-2-11-31-23(29)30/h1,3-10,13-14H,2,11-12,15H2,(H,32,33)(H4,29,30,31). The molecule has 0 radical (unpaired) electrons. The fraction of sp³-hybridized carbons (Fsp3) is 0.200. The Balaban J connectivity index is 1.32. The average Bonchev–Trinajstić information content (AvgIpc) is 3.25. The normalized spacial score (nSPS) is 11.3. The zero-order valence-electron chi connectivity index (χ0n) is 19.1. The van der Waals surface area contributed by atoms with Crippen molar-refractivity contribution < 1.29 is 22.6 Å². The average molecular weight is 516 g/mol. The molecule has 0 unspecified atom stereocenters. The Labute approximate surface area is 209 Å². The van der Waals surface area contributed by atoms with Gasteiger partial charge in [-0.25, -0.2) is 4.98 Å². The monoisotopic (exact) mass is 515 g/mol. The fourth-order valence-electron chi connectivity index (χ4n) is 3.26. The second-order valence-electron chi connectivity index (χ2n) is 7.78. The van der Waals surface area contributed by atoms with Gasteiger partial charge in [-0.15, -0.1) is 0 Å². The zero-order valence-corrected chi connectivity index (χ0v) is 19.9. The Bertz CT molecular complexity index is 1340. The minimum absolute atomic E-state index is 0.0730. The van der Waals surface area contributed by atoms with Crippen LogP contribution in [-0.2, 0) is 12.7 Å². The van der Waals surface area contributed by atoms with Crippen LogP contribution in [0.4, 0.5) is 18.3 Å². The van der Waals surface area contributed by atoms with Gasteiger partial charge < -0.3 is 26.3 Å². The second-order valence-corrected chi connectivity index (χ2v) is 8.81. The Morgan fingerprint density at radius 2 is 1.72 bits per heavy atom. The number of guanidine groups is 1. The number of benzene rings is 3. The van der Waals surface area contributed by atoms with Crippen LogP contribution in [0, 0.1) is 0 Å². The largest absolute Gasteiger partial charge is 0.494 e. The van der Waals surface area contributed by atoms with E-state index in [-0.39, 0.29) is 11.7 Å². The van der Waals surface area contributed by atoms with Crippen LogP contribution in [-0.4, -0.2) is 24.1 Å². The van der Waals surface area contributed by atoms with E-state index >= 15 is 0 Å². The van der Waals surface area contributed by atoms with Crippen molar-refractivity contribution in [1.82, 2.24) is 4.98 Å². The summed E-state index contributed by atoms with van der Waals surface area (Å²) in [6, 6.07) is 17.7. The molecule has 4 rings (SSSR count). The molecule has 0 bridgehead atoms. The van der Waals surface area contributed by atoms with Gasteiger partial charge in [-0.2, -0.15) is 13.2 Å². The predicted octanol–water partition coefficient (Wildman–Crippen LogP) is 5.76. The van der Waals surface area contributed by atoms with Gasteiger partial charge in [0.05, 0.1) is 22.4 Å². The molecule has 0 saturated carbocycles. The van der Waals surface area contributed by atoms with Crippen molar-refractivity contribution in [2.75, 3.05) is 18.5 Å². The van der Waals surface area contributed by atoms with E-state index in [1.54, 1.807) is 18.2 Å². The van der Waals surface area contributed by atoms with E-state index in [1.165, 1.54) is 23.5 Å². The molecule has 1 aromatic heterocycles. The summed E-state index contributed by atoms with van der Waals surface area (Å²) in [4.78, 5) is 8.47. The van der Waals surface area contributed by atoms with Gasteiger partial charge in [0, 0.05) is 25.6 Å². The number of hydrogen-bond donors (Lipinski definition) is 3. The first kappa shape index (κ1) is 25.1. The molecule has 0 saturated heterocycles. The summed E-state index contributed by atoms with van der Waals surface area (Å²) >= 11 is 1.43. The van der Waals surface area contributed by atoms with Gasteiger partial charge in [-0.05, 0) is 48.0 Å². The Hall–Kier alpha value is -3.99. The lowest BCUT2D eigenvalue weighted by molar-refractivity contribution is -0.137. The number of alkyl halides is 3. The summed E-state index contributed by atoms with van der Waals surface area (Å²) in [6.07, 6.45) is -3.71. The van der Waals surface area contributed by atoms with Crippen molar-refractivity contribution in [3.8, 4) is 17.2 Å². The lowest BCUT2D eigenvalue weighted by atomic mass is 10.2. The first-order chi connectivity index (χ1) is 17.3. The topological polar surface area (TPSA) is 108 Å². The van der Waals surface area contributed by atoms with Crippen molar-refractivity contribution in [3.63, 3.8) is 0 Å². The number of ether oxygens (including phenoxy) is 2. The number of thiazole rings is 1. The molecule has 4 aromatic rings. The number of aliphatic imine (C=N–C) groups is 1. The third kappa shape index (κ3) is 7.01. The van der Waals surface area contributed by atoms with E-state index < -0.39 is 11.7 Å². The molecule has 0 aliphatic heterocycles. The second kappa shape index (κ2) is 11.2. The quantitative estimate of drug-likeness (QED) is 0.141. The van der Waals surface area contributed by atoms with Crippen LogP contribution in [0.25, 0.3) is 10.2 Å². The Morgan fingerprint density at radius 1 is 0.972 bits per heavy atom. The zero-order chi connectivity index (χ0) is 25.5. The van der Waals surface area contributed by atoms with Crippen LogP contribution in [0.2, 0.25) is 0 Å². The molecule has 0 spiro atoms. The molecule has 0 aliphatic carbocycles. The van der Waals surface area contributed by atoms with Crippen LogP contribution in [0.15, 0.2) is 71.7 Å². The van der Waals surface area contributed by atoms with Gasteiger partial charge in [0.1, 0.15) is 17.2 Å². The number of fused-ring (bicyclic) bond motifs is 1. The van der Waals surface area contributed by atoms with Crippen molar-refractivity contribution in [1.29, 1.82) is 0 Å². The van der Waals surface area contributed by atoms with Gasteiger partial charge in [0.2, 0.25) is 0 Å². The number of nitrogens with zero attached hydrogens (tertiary/aromatic N) is 2. The van der Waals surface area contributed by atoms with E-state index in [2.05, 4.69) is 15.3 Å². The molecule has 5 N–H and O–H groups in total. The number of nitrogens with one attached hydrogen (secondary N) is 1. The highest BCUT2D eigenvalue weighted by atomic mass is 32.1. The third-order valence-electron chi connectivity index (χ3n) is 4.99. The molecular weight excluding hydrogens is 491 g/mol. The maximum atomic E-state index is 12.9. The Kier molecular flexibility index (Phi) is 7.79. The molecule has 0 aliphatic rings. The van der Waals surface area contributed by atoms with Crippen LogP contribution in [0.5, 0.6) is 17.2 Å². The van der Waals surface area contributed by atoms with E-state index in [0.717, 1.165) is 38.8 Å². The van der Waals surface area contributed by atoms with Crippen LogP contribution in [0.3, 0.4) is 0 Å². The lowest BCUT2D eigenvalue weighted by Crippen LogP contribution is -2.23. The van der Waals surface area contributed by atoms with Crippen LogP contribution >= 0.6 is 11.3 Å². The van der Waals surface area contributed by atoms with E-state index in [9.17, 15) is 13.2 Å². The number of aromatic nitrogens is 1. The molecule has 0 amide bonds. The van der Waals surface area contributed by atoms with Gasteiger partial charge in [0.25, 0.3) is 0 Å². The van der Waals surface area contributed by atoms with Crippen molar-refractivity contribution >= 4 is 32.6 Å². The summed E-state index contributed by atoms with van der Waals surface area (Å²) < 4.78 is 51.0. The van der Waals surface area contributed by atoms with Crippen LogP contribution in [0.1, 0.15) is 17.5 Å². The first-order valence-electron chi connectivity index (χ1n) is 11.0. The van der Waals surface area contributed by atoms with Crippen molar-refractivity contribution in [3.05, 3.63) is 77.9 Å². The lowest BCUT2D eigenvalue weighted by Gasteiger charge is -2.09. The predicted molar refractivity (Wildman–Crippen MR) is 136 cm³/mol. The smallest absolute Gasteiger partial charge is 0.416 e. The van der Waals surface area contributed by atoms with E-state index in [4.69, 9.17) is 20.9 Å². The summed E-state index contributed by atoms with van der Waals surface area (Å²) in [5.74, 6) is 1.39. The number of halogens is 3. The maximum Gasteiger partial charge on any atom is 0.416 e. The minimum Gasteiger partial charge on any atom is -0.494 e. The summed E-state index contributed by atoms with van der Waals surface area (Å²) in [6.45, 7) is 1.60. The molecule has 3 aromatic carbocycles. The van der Waals surface area contributed by atoms with E-state index in [0.29, 0.717) is 31.9 Å². The summed E-state index contributed by atoms with van der Waals surface area (Å²) in [5, 5.41) is 4.02. The third-order valence-corrected chi connectivity index (χ3v) is 5.97. The molecule has 188 valence electrons. The SMILES string of the molecule is NC(N)=NCCCOc1ccc(CNc2nc3ccc(Oc4cccc(C(F)(F)F)c4)cc3s2)cc1. The van der Waals surface area contributed by atoms with Gasteiger partial charge in [-0.1, -0.05) is 29.5 Å². The number of nitrogens with two attached hydrogens (primary N) is 2. The van der Waals surface area contributed by atoms with Crippen LogP contribution < -0.4 is 26.3 Å². The first-order valence-corrected chi connectivity index (χ1v) is 11.8. The highest BCUT2D eigenvalue weighted by Crippen LogP contribution is 2.34. The highest BCUT2D eigenvalue weighted by molar-refractivity contribution is 7.22. The van der Waals surface area contributed by atoms with E-state index in [1.807, 2.05) is 24.3 Å². The minimum atomic E-state index is -4.43. The highest BCUT2D eigenvalue weighted by Gasteiger charge is 2.30. The molecule has 36 heavy (non-hydrogen) atoms. The fourth-order valence-corrected chi connectivity index (χ4v) is 4.15. The van der Waals surface area contributed by atoms with Crippen molar-refractivity contribution in [2.24, 2.45) is 16.5 Å². The molecule has 11 heteroatoms. The van der Waals surface area contributed by atoms with Gasteiger partial charge >= 0.3 is 6.18 Å².